The standard InChI is InChI=1S/C12H14ClN3/c1-16-12(8-11(15-16)5-6-14)9-3-2-4-10(13)7-9/h2-4,7-8H,5-6,14H2,1H3. The Morgan fingerprint density at radius 2 is 2.19 bits per heavy atom. The Balaban J connectivity index is 2.40. The molecule has 1 heterocycles. The lowest BCUT2D eigenvalue weighted by Gasteiger charge is -2.01. The molecule has 2 aromatic rings. The monoisotopic (exact) mass is 235 g/mol. The van der Waals surface area contributed by atoms with Crippen LogP contribution < -0.4 is 5.73 Å². The van der Waals surface area contributed by atoms with Gasteiger partial charge in [0, 0.05) is 24.1 Å². The Bertz CT molecular complexity index is 491. The molecular formula is C12H14ClN3. The third-order valence-corrected chi connectivity index (χ3v) is 2.69. The van der Waals surface area contributed by atoms with Gasteiger partial charge in [0.2, 0.25) is 0 Å². The van der Waals surface area contributed by atoms with Crippen molar-refractivity contribution >= 4 is 11.6 Å². The summed E-state index contributed by atoms with van der Waals surface area (Å²) in [5.74, 6) is 0. The number of hydrogen-bond acceptors (Lipinski definition) is 2. The van der Waals surface area contributed by atoms with Gasteiger partial charge >= 0.3 is 0 Å². The first-order chi connectivity index (χ1) is 7.70. The molecule has 0 atom stereocenters. The van der Waals surface area contributed by atoms with Gasteiger partial charge in [0.05, 0.1) is 11.4 Å². The number of nitrogens with zero attached hydrogens (tertiary/aromatic N) is 2. The molecule has 0 saturated carbocycles. The first-order valence-electron chi connectivity index (χ1n) is 5.19. The van der Waals surface area contributed by atoms with Crippen LogP contribution in [0.3, 0.4) is 0 Å². The van der Waals surface area contributed by atoms with Crippen molar-refractivity contribution in [2.45, 2.75) is 6.42 Å². The molecule has 0 radical (unpaired) electrons. The van der Waals surface area contributed by atoms with Crippen molar-refractivity contribution in [2.75, 3.05) is 6.54 Å². The van der Waals surface area contributed by atoms with Crippen LogP contribution in [0.2, 0.25) is 5.02 Å². The van der Waals surface area contributed by atoms with E-state index in [2.05, 4.69) is 11.2 Å². The summed E-state index contributed by atoms with van der Waals surface area (Å²) in [4.78, 5) is 0. The van der Waals surface area contributed by atoms with Gasteiger partial charge in [-0.05, 0) is 24.7 Å². The van der Waals surface area contributed by atoms with Gasteiger partial charge in [-0.15, -0.1) is 0 Å². The fourth-order valence-corrected chi connectivity index (χ4v) is 1.90. The van der Waals surface area contributed by atoms with E-state index in [-0.39, 0.29) is 0 Å². The minimum atomic E-state index is 0.617. The van der Waals surface area contributed by atoms with Crippen molar-refractivity contribution in [3.8, 4) is 11.3 Å². The molecule has 0 aliphatic rings. The summed E-state index contributed by atoms with van der Waals surface area (Å²) in [5, 5.41) is 5.14. The molecule has 0 saturated heterocycles. The largest absolute Gasteiger partial charge is 0.330 e. The van der Waals surface area contributed by atoms with Gasteiger partial charge in [0.25, 0.3) is 0 Å². The summed E-state index contributed by atoms with van der Waals surface area (Å²) in [5.41, 5.74) is 8.66. The third kappa shape index (κ3) is 2.26. The first-order valence-corrected chi connectivity index (χ1v) is 5.57. The quantitative estimate of drug-likeness (QED) is 0.887. The van der Waals surface area contributed by atoms with Crippen molar-refractivity contribution in [1.82, 2.24) is 9.78 Å². The van der Waals surface area contributed by atoms with Gasteiger partial charge in [-0.3, -0.25) is 4.68 Å². The molecule has 3 nitrogen and oxygen atoms in total. The van der Waals surface area contributed by atoms with E-state index in [4.69, 9.17) is 17.3 Å². The minimum absolute atomic E-state index is 0.617. The molecule has 0 unspecified atom stereocenters. The van der Waals surface area contributed by atoms with Crippen LogP contribution in [0, 0.1) is 0 Å². The lowest BCUT2D eigenvalue weighted by Crippen LogP contribution is -2.03. The Morgan fingerprint density at radius 3 is 2.88 bits per heavy atom. The molecule has 2 rings (SSSR count). The fraction of sp³-hybridized carbons (Fsp3) is 0.250. The molecule has 0 spiro atoms. The van der Waals surface area contributed by atoms with Crippen molar-refractivity contribution in [1.29, 1.82) is 0 Å². The van der Waals surface area contributed by atoms with E-state index in [1.807, 2.05) is 36.0 Å². The maximum atomic E-state index is 5.97. The van der Waals surface area contributed by atoms with Gasteiger partial charge in [0.15, 0.2) is 0 Å². The van der Waals surface area contributed by atoms with Crippen LogP contribution in [-0.4, -0.2) is 16.3 Å². The predicted molar refractivity (Wildman–Crippen MR) is 66.4 cm³/mol. The first kappa shape index (κ1) is 11.2. The lowest BCUT2D eigenvalue weighted by atomic mass is 10.1. The molecule has 0 bridgehead atoms. The number of benzene rings is 1. The zero-order chi connectivity index (χ0) is 11.5. The summed E-state index contributed by atoms with van der Waals surface area (Å²) in [7, 11) is 1.93. The van der Waals surface area contributed by atoms with Crippen molar-refractivity contribution in [3.05, 3.63) is 41.0 Å². The van der Waals surface area contributed by atoms with Gasteiger partial charge in [-0.25, -0.2) is 0 Å². The Morgan fingerprint density at radius 1 is 1.38 bits per heavy atom. The second-order valence-corrected chi connectivity index (χ2v) is 4.13. The fourth-order valence-electron chi connectivity index (χ4n) is 1.71. The molecule has 16 heavy (non-hydrogen) atoms. The van der Waals surface area contributed by atoms with Gasteiger partial charge in [0.1, 0.15) is 0 Å². The Kier molecular flexibility index (Phi) is 3.27. The maximum Gasteiger partial charge on any atom is 0.0682 e. The highest BCUT2D eigenvalue weighted by Gasteiger charge is 2.06. The number of aromatic nitrogens is 2. The summed E-state index contributed by atoms with van der Waals surface area (Å²) in [6.45, 7) is 0.617. The SMILES string of the molecule is Cn1nc(CCN)cc1-c1cccc(Cl)c1. The molecule has 0 aliphatic heterocycles. The summed E-state index contributed by atoms with van der Waals surface area (Å²) >= 11 is 5.97. The molecule has 4 heteroatoms. The minimum Gasteiger partial charge on any atom is -0.330 e. The van der Waals surface area contributed by atoms with Crippen LogP contribution in [0.15, 0.2) is 30.3 Å². The average molecular weight is 236 g/mol. The summed E-state index contributed by atoms with van der Waals surface area (Å²) in [6.07, 6.45) is 0.800. The molecular weight excluding hydrogens is 222 g/mol. The van der Waals surface area contributed by atoms with Gasteiger partial charge in [-0.1, -0.05) is 23.7 Å². The highest BCUT2D eigenvalue weighted by atomic mass is 35.5. The van der Waals surface area contributed by atoms with Crippen LogP contribution in [0.1, 0.15) is 5.69 Å². The van der Waals surface area contributed by atoms with E-state index < -0.39 is 0 Å². The lowest BCUT2D eigenvalue weighted by molar-refractivity contribution is 0.745. The van der Waals surface area contributed by atoms with Gasteiger partial charge in [-0.2, -0.15) is 5.10 Å². The van der Waals surface area contributed by atoms with E-state index in [9.17, 15) is 0 Å². The summed E-state index contributed by atoms with van der Waals surface area (Å²) < 4.78 is 1.86. The molecule has 1 aromatic carbocycles. The van der Waals surface area contributed by atoms with Gasteiger partial charge < -0.3 is 5.73 Å². The van der Waals surface area contributed by atoms with Crippen molar-refractivity contribution in [2.24, 2.45) is 12.8 Å². The summed E-state index contributed by atoms with van der Waals surface area (Å²) in [6, 6.07) is 9.81. The van der Waals surface area contributed by atoms with E-state index in [0.717, 1.165) is 28.4 Å². The maximum absolute atomic E-state index is 5.97. The van der Waals surface area contributed by atoms with E-state index >= 15 is 0 Å². The van der Waals surface area contributed by atoms with E-state index in [0.29, 0.717) is 6.54 Å². The van der Waals surface area contributed by atoms with Crippen LogP contribution in [0.25, 0.3) is 11.3 Å². The highest BCUT2D eigenvalue weighted by Crippen LogP contribution is 2.23. The Labute approximate surface area is 99.8 Å². The van der Waals surface area contributed by atoms with Crippen molar-refractivity contribution in [3.63, 3.8) is 0 Å². The molecule has 1 aromatic heterocycles. The zero-order valence-corrected chi connectivity index (χ0v) is 9.91. The van der Waals surface area contributed by atoms with Crippen LogP contribution in [0.5, 0.6) is 0 Å². The van der Waals surface area contributed by atoms with Crippen LogP contribution in [0.4, 0.5) is 0 Å². The number of halogens is 1. The highest BCUT2D eigenvalue weighted by molar-refractivity contribution is 6.30. The number of rotatable bonds is 3. The molecule has 0 amide bonds. The predicted octanol–water partition coefficient (Wildman–Crippen LogP) is 2.24. The smallest absolute Gasteiger partial charge is 0.0682 e. The Hall–Kier alpha value is -1.32. The van der Waals surface area contributed by atoms with E-state index in [1.165, 1.54) is 0 Å². The number of hydrogen-bond donors (Lipinski definition) is 1. The molecule has 2 N–H and O–H groups in total. The van der Waals surface area contributed by atoms with E-state index in [1.54, 1.807) is 0 Å². The number of nitrogens with two attached hydrogens (primary N) is 1. The van der Waals surface area contributed by atoms with Crippen molar-refractivity contribution < 1.29 is 0 Å². The average Bonchev–Trinajstić information content (AvgIpc) is 2.60. The second-order valence-electron chi connectivity index (χ2n) is 3.69. The molecule has 84 valence electrons. The number of aryl methyl sites for hydroxylation is 1. The zero-order valence-electron chi connectivity index (χ0n) is 9.15. The topological polar surface area (TPSA) is 43.8 Å². The molecule has 0 fully saturated rings. The molecule has 0 aliphatic carbocycles. The van der Waals surface area contributed by atoms with Crippen LogP contribution in [-0.2, 0) is 13.5 Å². The third-order valence-electron chi connectivity index (χ3n) is 2.45. The normalized spacial score (nSPS) is 10.7. The second kappa shape index (κ2) is 4.68. The van der Waals surface area contributed by atoms with Crippen LogP contribution >= 0.6 is 11.6 Å².